The van der Waals surface area contributed by atoms with Crippen molar-refractivity contribution in [2.75, 3.05) is 20.6 Å². The van der Waals surface area contributed by atoms with Gasteiger partial charge in [0.1, 0.15) is 0 Å². The highest BCUT2D eigenvalue weighted by atomic mass is 127. The van der Waals surface area contributed by atoms with Crippen LogP contribution in [0.2, 0.25) is 5.02 Å². The Morgan fingerprint density at radius 1 is 1.33 bits per heavy atom. The molecule has 1 N–H and O–H groups in total. The van der Waals surface area contributed by atoms with E-state index in [0.717, 1.165) is 30.5 Å². The van der Waals surface area contributed by atoms with Crippen LogP contribution in [0.1, 0.15) is 18.9 Å². The van der Waals surface area contributed by atoms with Crippen LogP contribution in [0, 0.1) is 0 Å². The third kappa shape index (κ3) is 5.91. The van der Waals surface area contributed by atoms with Crippen molar-refractivity contribution in [3.05, 3.63) is 34.9 Å². The van der Waals surface area contributed by atoms with E-state index in [-0.39, 0.29) is 24.0 Å². The molecule has 0 radical (unpaired) electrons. The maximum Gasteiger partial charge on any atom is 0.193 e. The minimum atomic E-state index is 0. The molecular weight excluding hydrogens is 361 g/mol. The summed E-state index contributed by atoms with van der Waals surface area (Å²) in [5.41, 5.74) is 1.22. The number of hydrogen-bond acceptors (Lipinski definition) is 1. The summed E-state index contributed by atoms with van der Waals surface area (Å²) in [4.78, 5) is 6.34. The normalized spacial score (nSPS) is 10.8. The van der Waals surface area contributed by atoms with E-state index in [1.54, 1.807) is 7.05 Å². The van der Waals surface area contributed by atoms with Gasteiger partial charge in [0, 0.05) is 32.2 Å². The second kappa shape index (κ2) is 9.44. The summed E-state index contributed by atoms with van der Waals surface area (Å²) in [7, 11) is 3.83. The van der Waals surface area contributed by atoms with Gasteiger partial charge in [-0.05, 0) is 24.1 Å². The van der Waals surface area contributed by atoms with Crippen LogP contribution >= 0.6 is 35.6 Å². The van der Waals surface area contributed by atoms with Crippen LogP contribution < -0.4 is 5.32 Å². The van der Waals surface area contributed by atoms with Gasteiger partial charge in [-0.3, -0.25) is 4.99 Å². The lowest BCUT2D eigenvalue weighted by Gasteiger charge is -2.22. The average Bonchev–Trinajstić information content (AvgIpc) is 2.33. The van der Waals surface area contributed by atoms with Crippen LogP contribution in [0.3, 0.4) is 0 Å². The molecule has 0 aliphatic heterocycles. The molecule has 102 valence electrons. The number of nitrogens with zero attached hydrogens (tertiary/aromatic N) is 2. The van der Waals surface area contributed by atoms with Crippen molar-refractivity contribution in [2.45, 2.75) is 19.9 Å². The molecule has 0 saturated carbocycles. The van der Waals surface area contributed by atoms with E-state index in [2.05, 4.69) is 22.1 Å². The minimum Gasteiger partial charge on any atom is -0.356 e. The highest BCUT2D eigenvalue weighted by Crippen LogP contribution is 2.10. The molecule has 0 saturated heterocycles. The van der Waals surface area contributed by atoms with Crippen LogP contribution in [-0.4, -0.2) is 31.5 Å². The molecule has 0 bridgehead atoms. The largest absolute Gasteiger partial charge is 0.356 e. The van der Waals surface area contributed by atoms with Gasteiger partial charge in [0.15, 0.2) is 5.96 Å². The number of guanidine groups is 1. The zero-order valence-electron chi connectivity index (χ0n) is 11.1. The monoisotopic (exact) mass is 381 g/mol. The van der Waals surface area contributed by atoms with Gasteiger partial charge in [-0.15, -0.1) is 24.0 Å². The first-order valence-electron chi connectivity index (χ1n) is 5.83. The first-order chi connectivity index (χ1) is 8.17. The van der Waals surface area contributed by atoms with Crippen LogP contribution in [0.25, 0.3) is 0 Å². The van der Waals surface area contributed by atoms with Gasteiger partial charge >= 0.3 is 0 Å². The summed E-state index contributed by atoms with van der Waals surface area (Å²) < 4.78 is 0. The third-order valence-electron chi connectivity index (χ3n) is 2.44. The summed E-state index contributed by atoms with van der Waals surface area (Å²) in [5.74, 6) is 0.918. The van der Waals surface area contributed by atoms with Crippen LogP contribution in [0.5, 0.6) is 0 Å². The Kier molecular flexibility index (Phi) is 9.18. The van der Waals surface area contributed by atoms with Crippen molar-refractivity contribution in [2.24, 2.45) is 4.99 Å². The Morgan fingerprint density at radius 2 is 1.94 bits per heavy atom. The second-order valence-electron chi connectivity index (χ2n) is 3.96. The molecule has 0 heterocycles. The average molecular weight is 382 g/mol. The van der Waals surface area contributed by atoms with Gasteiger partial charge < -0.3 is 10.2 Å². The van der Waals surface area contributed by atoms with Crippen LogP contribution in [0.15, 0.2) is 29.3 Å². The molecule has 0 unspecified atom stereocenters. The maximum absolute atomic E-state index is 5.86. The Labute approximate surface area is 132 Å². The summed E-state index contributed by atoms with van der Waals surface area (Å²) in [6, 6.07) is 7.89. The van der Waals surface area contributed by atoms with Crippen molar-refractivity contribution in [3.63, 3.8) is 0 Å². The van der Waals surface area contributed by atoms with Gasteiger partial charge in [0.2, 0.25) is 0 Å². The lowest BCUT2D eigenvalue weighted by Crippen LogP contribution is -2.38. The molecule has 0 aliphatic rings. The van der Waals surface area contributed by atoms with Crippen molar-refractivity contribution >= 4 is 41.5 Å². The molecule has 0 fully saturated rings. The molecule has 0 aromatic heterocycles. The lowest BCUT2D eigenvalue weighted by atomic mass is 10.2. The smallest absolute Gasteiger partial charge is 0.193 e. The molecule has 5 heteroatoms. The number of aliphatic imine (C=N–C) groups is 1. The Hall–Kier alpha value is -0.490. The zero-order chi connectivity index (χ0) is 12.7. The predicted molar refractivity (Wildman–Crippen MR) is 90.0 cm³/mol. The summed E-state index contributed by atoms with van der Waals surface area (Å²) in [5, 5.41) is 4.07. The topological polar surface area (TPSA) is 27.6 Å². The van der Waals surface area contributed by atoms with E-state index >= 15 is 0 Å². The Morgan fingerprint density at radius 3 is 2.44 bits per heavy atom. The standard InChI is InChI=1S/C13H20ClN3.HI/c1-4-9-16-13(15-2)17(3)10-11-5-7-12(14)8-6-11;/h5-8H,4,9-10H2,1-3H3,(H,15,16);1H. The highest BCUT2D eigenvalue weighted by molar-refractivity contribution is 14.0. The second-order valence-corrected chi connectivity index (χ2v) is 4.39. The number of rotatable bonds is 4. The third-order valence-corrected chi connectivity index (χ3v) is 2.69. The molecule has 3 nitrogen and oxygen atoms in total. The maximum atomic E-state index is 5.86. The first-order valence-corrected chi connectivity index (χ1v) is 6.21. The number of halogens is 2. The van der Waals surface area contributed by atoms with E-state index in [1.165, 1.54) is 5.56 Å². The predicted octanol–water partition coefficient (Wildman–Crippen LogP) is 3.38. The molecule has 0 aliphatic carbocycles. The molecule has 1 rings (SSSR count). The van der Waals surface area contributed by atoms with Gasteiger partial charge in [0.05, 0.1) is 0 Å². The fraction of sp³-hybridized carbons (Fsp3) is 0.462. The quantitative estimate of drug-likeness (QED) is 0.492. The van der Waals surface area contributed by atoms with Crippen LogP contribution in [-0.2, 0) is 6.54 Å². The highest BCUT2D eigenvalue weighted by Gasteiger charge is 2.05. The summed E-state index contributed by atoms with van der Waals surface area (Å²) in [6.07, 6.45) is 1.09. The summed E-state index contributed by atoms with van der Waals surface area (Å²) >= 11 is 5.86. The molecule has 1 aromatic rings. The number of nitrogens with one attached hydrogen (secondary N) is 1. The first kappa shape index (κ1) is 17.5. The molecule has 0 atom stereocenters. The Bertz CT molecular complexity index is 365. The van der Waals surface area contributed by atoms with Crippen LogP contribution in [0.4, 0.5) is 0 Å². The fourth-order valence-corrected chi connectivity index (χ4v) is 1.69. The van der Waals surface area contributed by atoms with E-state index < -0.39 is 0 Å². The van der Waals surface area contributed by atoms with Crippen molar-refractivity contribution in [3.8, 4) is 0 Å². The van der Waals surface area contributed by atoms with Gasteiger partial charge in [-0.25, -0.2) is 0 Å². The molecular formula is C13H21ClIN3. The summed E-state index contributed by atoms with van der Waals surface area (Å²) in [6.45, 7) is 3.90. The van der Waals surface area contributed by atoms with Gasteiger partial charge in [-0.1, -0.05) is 30.7 Å². The van der Waals surface area contributed by atoms with E-state index in [0.29, 0.717) is 0 Å². The van der Waals surface area contributed by atoms with Crippen molar-refractivity contribution < 1.29 is 0 Å². The Balaban J connectivity index is 0.00000289. The van der Waals surface area contributed by atoms with Gasteiger partial charge in [-0.2, -0.15) is 0 Å². The van der Waals surface area contributed by atoms with E-state index in [4.69, 9.17) is 11.6 Å². The molecule has 0 amide bonds. The molecule has 1 aromatic carbocycles. The van der Waals surface area contributed by atoms with E-state index in [9.17, 15) is 0 Å². The minimum absolute atomic E-state index is 0. The van der Waals surface area contributed by atoms with E-state index in [1.807, 2.05) is 31.3 Å². The molecule has 18 heavy (non-hydrogen) atoms. The number of benzene rings is 1. The van der Waals surface area contributed by atoms with Gasteiger partial charge in [0.25, 0.3) is 0 Å². The van der Waals surface area contributed by atoms with Crippen molar-refractivity contribution in [1.82, 2.24) is 10.2 Å². The SMILES string of the molecule is CCCNC(=NC)N(C)Cc1ccc(Cl)cc1.I. The number of hydrogen-bond donors (Lipinski definition) is 1. The lowest BCUT2D eigenvalue weighted by molar-refractivity contribution is 0.477. The molecule has 0 spiro atoms. The van der Waals surface area contributed by atoms with Crippen molar-refractivity contribution in [1.29, 1.82) is 0 Å². The zero-order valence-corrected chi connectivity index (χ0v) is 14.2. The fourth-order valence-electron chi connectivity index (χ4n) is 1.56.